The summed E-state index contributed by atoms with van der Waals surface area (Å²) in [6.45, 7) is 2.01. The molecule has 0 spiro atoms. The summed E-state index contributed by atoms with van der Waals surface area (Å²) in [5.41, 5.74) is 1.10. The van der Waals surface area contributed by atoms with Crippen LogP contribution in [0.4, 0.5) is 0 Å². The van der Waals surface area contributed by atoms with Crippen LogP contribution < -0.4 is 0 Å². The maximum absolute atomic E-state index is 9.63. The molecule has 0 aliphatic heterocycles. The summed E-state index contributed by atoms with van der Waals surface area (Å²) < 4.78 is 0. The van der Waals surface area contributed by atoms with Crippen molar-refractivity contribution in [3.63, 3.8) is 0 Å². The van der Waals surface area contributed by atoms with E-state index < -0.39 is 0 Å². The molecule has 1 aromatic heterocycles. The Labute approximate surface area is 82.6 Å². The summed E-state index contributed by atoms with van der Waals surface area (Å²) in [4.78, 5) is 4.37. The van der Waals surface area contributed by atoms with E-state index in [2.05, 4.69) is 10.4 Å². The summed E-state index contributed by atoms with van der Waals surface area (Å²) in [6, 6.07) is 0. The average Bonchev–Trinajstić information content (AvgIpc) is 2.87. The minimum absolute atomic E-state index is 0.0794. The molecule has 1 aliphatic carbocycles. The van der Waals surface area contributed by atoms with E-state index in [-0.39, 0.29) is 6.10 Å². The number of nitrogens with zero attached hydrogens (tertiary/aromatic N) is 1. The average molecular weight is 197 g/mol. The van der Waals surface area contributed by atoms with Gasteiger partial charge >= 0.3 is 0 Å². The highest BCUT2D eigenvalue weighted by atomic mass is 32.1. The zero-order valence-electron chi connectivity index (χ0n) is 7.86. The first-order chi connectivity index (χ1) is 6.25. The van der Waals surface area contributed by atoms with Crippen LogP contribution in [-0.2, 0) is 6.42 Å². The van der Waals surface area contributed by atoms with Crippen molar-refractivity contribution in [1.82, 2.24) is 4.98 Å². The van der Waals surface area contributed by atoms with Crippen LogP contribution in [0.5, 0.6) is 0 Å². The highest BCUT2D eigenvalue weighted by Gasteiger charge is 2.29. The molecule has 1 aliphatic rings. The zero-order valence-corrected chi connectivity index (χ0v) is 8.68. The molecule has 0 aromatic carbocycles. The molecule has 1 atom stereocenters. The molecular weight excluding hydrogens is 182 g/mol. The van der Waals surface area contributed by atoms with Crippen molar-refractivity contribution in [2.45, 2.75) is 38.7 Å². The Morgan fingerprint density at radius 1 is 1.69 bits per heavy atom. The second kappa shape index (κ2) is 3.76. The highest BCUT2D eigenvalue weighted by molar-refractivity contribution is 7.09. The Kier molecular flexibility index (Phi) is 2.65. The molecule has 72 valence electrons. The first-order valence-electron chi connectivity index (χ1n) is 4.85. The number of aliphatic hydroxyl groups is 1. The van der Waals surface area contributed by atoms with E-state index in [9.17, 15) is 5.11 Å². The van der Waals surface area contributed by atoms with Gasteiger partial charge in [0.2, 0.25) is 0 Å². The predicted molar refractivity (Wildman–Crippen MR) is 53.9 cm³/mol. The van der Waals surface area contributed by atoms with Gasteiger partial charge in [-0.05, 0) is 32.1 Å². The van der Waals surface area contributed by atoms with Crippen molar-refractivity contribution in [3.8, 4) is 0 Å². The van der Waals surface area contributed by atoms with Crippen molar-refractivity contribution < 1.29 is 5.11 Å². The number of hydrogen-bond donors (Lipinski definition) is 1. The van der Waals surface area contributed by atoms with Crippen LogP contribution in [0.25, 0.3) is 0 Å². The summed E-state index contributed by atoms with van der Waals surface area (Å²) in [5.74, 6) is 0.598. The number of aromatic nitrogens is 1. The summed E-state index contributed by atoms with van der Waals surface area (Å²) in [5, 5.41) is 12.9. The molecule has 13 heavy (non-hydrogen) atoms. The van der Waals surface area contributed by atoms with Crippen molar-refractivity contribution >= 4 is 11.3 Å². The topological polar surface area (TPSA) is 33.1 Å². The first kappa shape index (κ1) is 9.16. The van der Waals surface area contributed by atoms with Crippen molar-refractivity contribution in [1.29, 1.82) is 0 Å². The SMILES string of the molecule is Cc1csc(CCC(O)C2CC2)n1. The molecule has 1 N–H and O–H groups in total. The fourth-order valence-electron chi connectivity index (χ4n) is 1.51. The minimum atomic E-state index is -0.0794. The molecular formula is C10H15NOS. The molecule has 1 saturated carbocycles. The van der Waals surface area contributed by atoms with Crippen LogP contribution in [0.2, 0.25) is 0 Å². The van der Waals surface area contributed by atoms with Crippen LogP contribution >= 0.6 is 11.3 Å². The Morgan fingerprint density at radius 3 is 3.00 bits per heavy atom. The van der Waals surface area contributed by atoms with Crippen LogP contribution in [-0.4, -0.2) is 16.2 Å². The van der Waals surface area contributed by atoms with E-state index in [4.69, 9.17) is 0 Å². The molecule has 1 aromatic rings. The smallest absolute Gasteiger partial charge is 0.0929 e. The quantitative estimate of drug-likeness (QED) is 0.802. The largest absolute Gasteiger partial charge is 0.393 e. The number of rotatable bonds is 4. The fraction of sp³-hybridized carbons (Fsp3) is 0.700. The number of thiazole rings is 1. The molecule has 0 bridgehead atoms. The standard InChI is InChI=1S/C10H15NOS/c1-7-6-13-10(11-7)5-4-9(12)8-2-3-8/h6,8-9,12H,2-5H2,1H3. The van der Waals surface area contributed by atoms with Gasteiger partial charge < -0.3 is 5.11 Å². The molecule has 2 nitrogen and oxygen atoms in total. The van der Waals surface area contributed by atoms with Gasteiger partial charge in [-0.1, -0.05) is 0 Å². The van der Waals surface area contributed by atoms with Crippen LogP contribution in [0.15, 0.2) is 5.38 Å². The molecule has 1 fully saturated rings. The summed E-state index contributed by atoms with van der Waals surface area (Å²) in [7, 11) is 0. The molecule has 1 heterocycles. The number of aliphatic hydroxyl groups excluding tert-OH is 1. The molecule has 0 saturated heterocycles. The van der Waals surface area contributed by atoms with Gasteiger partial charge in [0, 0.05) is 17.5 Å². The molecule has 3 heteroatoms. The lowest BCUT2D eigenvalue weighted by Gasteiger charge is -2.06. The van der Waals surface area contributed by atoms with Crippen molar-refractivity contribution in [2.75, 3.05) is 0 Å². The lowest BCUT2D eigenvalue weighted by Crippen LogP contribution is -2.09. The van der Waals surface area contributed by atoms with Gasteiger partial charge in [-0.3, -0.25) is 0 Å². The Balaban J connectivity index is 1.78. The molecule has 1 unspecified atom stereocenters. The lowest BCUT2D eigenvalue weighted by molar-refractivity contribution is 0.142. The Hall–Kier alpha value is -0.410. The van der Waals surface area contributed by atoms with Crippen molar-refractivity contribution in [3.05, 3.63) is 16.1 Å². The second-order valence-corrected chi connectivity index (χ2v) is 4.77. The van der Waals surface area contributed by atoms with E-state index >= 15 is 0 Å². The van der Waals surface area contributed by atoms with Gasteiger partial charge in [-0.15, -0.1) is 11.3 Å². The maximum atomic E-state index is 9.63. The first-order valence-corrected chi connectivity index (χ1v) is 5.73. The molecule has 0 amide bonds. The van der Waals surface area contributed by atoms with E-state index in [1.165, 1.54) is 12.8 Å². The third kappa shape index (κ3) is 2.51. The van der Waals surface area contributed by atoms with E-state index in [0.29, 0.717) is 5.92 Å². The highest BCUT2D eigenvalue weighted by Crippen LogP contribution is 2.34. The van der Waals surface area contributed by atoms with Gasteiger partial charge in [-0.25, -0.2) is 4.98 Å². The van der Waals surface area contributed by atoms with Crippen molar-refractivity contribution in [2.24, 2.45) is 5.92 Å². The van der Waals surface area contributed by atoms with Gasteiger partial charge in [0.25, 0.3) is 0 Å². The van der Waals surface area contributed by atoms with Gasteiger partial charge in [-0.2, -0.15) is 0 Å². The zero-order chi connectivity index (χ0) is 9.26. The number of aryl methyl sites for hydroxylation is 2. The lowest BCUT2D eigenvalue weighted by atomic mass is 10.1. The van der Waals surface area contributed by atoms with Gasteiger partial charge in [0.1, 0.15) is 0 Å². The van der Waals surface area contributed by atoms with Crippen LogP contribution in [0.1, 0.15) is 30.0 Å². The summed E-state index contributed by atoms with van der Waals surface area (Å²) in [6.07, 6.45) is 4.19. The maximum Gasteiger partial charge on any atom is 0.0929 e. The fourth-order valence-corrected chi connectivity index (χ4v) is 2.30. The van der Waals surface area contributed by atoms with Gasteiger partial charge in [0.15, 0.2) is 0 Å². The molecule has 2 rings (SSSR count). The monoisotopic (exact) mass is 197 g/mol. The predicted octanol–water partition coefficient (Wildman–Crippen LogP) is 2.16. The summed E-state index contributed by atoms with van der Waals surface area (Å²) >= 11 is 1.70. The second-order valence-electron chi connectivity index (χ2n) is 3.83. The van der Waals surface area contributed by atoms with Gasteiger partial charge in [0.05, 0.1) is 11.1 Å². The number of hydrogen-bond acceptors (Lipinski definition) is 3. The Bertz CT molecular complexity index is 280. The van der Waals surface area contributed by atoms with E-state index in [0.717, 1.165) is 23.5 Å². The van der Waals surface area contributed by atoms with Crippen LogP contribution in [0, 0.1) is 12.8 Å². The Morgan fingerprint density at radius 2 is 2.46 bits per heavy atom. The minimum Gasteiger partial charge on any atom is -0.393 e. The van der Waals surface area contributed by atoms with E-state index in [1.807, 2.05) is 6.92 Å². The third-order valence-electron chi connectivity index (χ3n) is 2.49. The third-order valence-corrected chi connectivity index (χ3v) is 3.51. The molecule has 0 radical (unpaired) electrons. The normalized spacial score (nSPS) is 18.9. The van der Waals surface area contributed by atoms with E-state index in [1.54, 1.807) is 11.3 Å². The van der Waals surface area contributed by atoms with Crippen LogP contribution in [0.3, 0.4) is 0 Å².